The van der Waals surface area contributed by atoms with E-state index < -0.39 is 6.10 Å². The lowest BCUT2D eigenvalue weighted by Gasteiger charge is -2.51. The Kier molecular flexibility index (Phi) is 8.09. The van der Waals surface area contributed by atoms with Gasteiger partial charge in [-0.2, -0.15) is 5.06 Å². The molecule has 25 heavy (non-hydrogen) atoms. The molecule has 1 aliphatic heterocycles. The number of hydrogen-bond donors (Lipinski definition) is 3. The maximum Gasteiger partial charge on any atom is 0.0725 e. The summed E-state index contributed by atoms with van der Waals surface area (Å²) in [5.41, 5.74) is 5.09. The molecule has 3 atom stereocenters. The van der Waals surface area contributed by atoms with Crippen LogP contribution in [0.25, 0.3) is 0 Å². The molecule has 1 fully saturated rings. The number of nitrogens with two attached hydrogens (primary N) is 1. The van der Waals surface area contributed by atoms with Crippen molar-refractivity contribution in [2.24, 2.45) is 17.6 Å². The van der Waals surface area contributed by atoms with Gasteiger partial charge in [-0.3, -0.25) is 0 Å². The molecular formula is C20H40N2O3. The zero-order valence-electron chi connectivity index (χ0n) is 17.2. The topological polar surface area (TPSA) is 79.0 Å². The standard InChI is InChI=1S/C20H40N2O3/c1-14(2)16(10-17(23)9-8-15(3)21)13-25-18-11-19(4,5)22(24)20(6,7)12-18/h8-9,14-18,23-24H,10-13,21H2,1-7H3/b9-8+. The molecule has 1 heterocycles. The first-order valence-corrected chi connectivity index (χ1v) is 9.58. The molecule has 5 nitrogen and oxygen atoms in total. The van der Waals surface area contributed by atoms with E-state index in [2.05, 4.69) is 13.8 Å². The Bertz CT molecular complexity index is 415. The van der Waals surface area contributed by atoms with Gasteiger partial charge in [-0.25, -0.2) is 0 Å². The van der Waals surface area contributed by atoms with Gasteiger partial charge in [-0.05, 0) is 65.7 Å². The third-order valence-electron chi connectivity index (χ3n) is 5.27. The smallest absolute Gasteiger partial charge is 0.0725 e. The van der Waals surface area contributed by atoms with Crippen molar-refractivity contribution in [1.82, 2.24) is 5.06 Å². The number of hydroxylamine groups is 2. The molecular weight excluding hydrogens is 316 g/mol. The van der Waals surface area contributed by atoms with E-state index in [-0.39, 0.29) is 29.1 Å². The minimum atomic E-state index is -0.492. The SMILES string of the molecule is CC(N)/C=C/C(O)CC(COC1CC(C)(C)N(O)C(C)(C)C1)C(C)C. The summed E-state index contributed by atoms with van der Waals surface area (Å²) in [7, 11) is 0. The van der Waals surface area contributed by atoms with Crippen molar-refractivity contribution < 1.29 is 15.1 Å². The largest absolute Gasteiger partial charge is 0.389 e. The van der Waals surface area contributed by atoms with E-state index in [0.29, 0.717) is 18.9 Å². The molecule has 4 N–H and O–H groups in total. The van der Waals surface area contributed by atoms with Crippen LogP contribution in [0.5, 0.6) is 0 Å². The van der Waals surface area contributed by atoms with Crippen LogP contribution >= 0.6 is 0 Å². The van der Waals surface area contributed by atoms with Crippen LogP contribution in [0.2, 0.25) is 0 Å². The number of rotatable bonds is 8. The Balaban J connectivity index is 2.63. The molecule has 0 bridgehead atoms. The van der Waals surface area contributed by atoms with E-state index in [1.165, 1.54) is 5.06 Å². The molecule has 0 aromatic heterocycles. The Hall–Kier alpha value is -0.460. The molecule has 0 spiro atoms. The summed E-state index contributed by atoms with van der Waals surface area (Å²) in [5.74, 6) is 0.711. The van der Waals surface area contributed by atoms with Crippen molar-refractivity contribution in [2.75, 3.05) is 6.61 Å². The summed E-state index contributed by atoms with van der Waals surface area (Å²) >= 11 is 0. The fourth-order valence-corrected chi connectivity index (χ4v) is 3.78. The fraction of sp³-hybridized carbons (Fsp3) is 0.900. The maximum absolute atomic E-state index is 10.4. The van der Waals surface area contributed by atoms with Gasteiger partial charge in [0.25, 0.3) is 0 Å². The molecule has 1 saturated heterocycles. The minimum absolute atomic E-state index is 0.0449. The van der Waals surface area contributed by atoms with Crippen LogP contribution in [0.3, 0.4) is 0 Å². The molecule has 0 aromatic carbocycles. The second-order valence-electron chi connectivity index (χ2n) is 9.35. The van der Waals surface area contributed by atoms with Gasteiger partial charge in [-0.15, -0.1) is 0 Å². The van der Waals surface area contributed by atoms with E-state index >= 15 is 0 Å². The Morgan fingerprint density at radius 1 is 1.12 bits per heavy atom. The summed E-state index contributed by atoms with van der Waals surface area (Å²) < 4.78 is 6.25. The quantitative estimate of drug-likeness (QED) is 0.581. The summed E-state index contributed by atoms with van der Waals surface area (Å²) in [6, 6.07) is -0.0449. The molecule has 0 amide bonds. The van der Waals surface area contributed by atoms with Gasteiger partial charge < -0.3 is 20.8 Å². The zero-order valence-corrected chi connectivity index (χ0v) is 17.2. The predicted molar refractivity (Wildman–Crippen MR) is 102 cm³/mol. The van der Waals surface area contributed by atoms with Crippen LogP contribution < -0.4 is 5.73 Å². The maximum atomic E-state index is 10.4. The van der Waals surface area contributed by atoms with Crippen LogP contribution in [0.4, 0.5) is 0 Å². The zero-order chi connectivity index (χ0) is 19.4. The molecule has 0 radical (unpaired) electrons. The number of aliphatic hydroxyl groups is 1. The van der Waals surface area contributed by atoms with Crippen LogP contribution in [-0.2, 0) is 4.74 Å². The average molecular weight is 357 g/mol. The first-order valence-electron chi connectivity index (χ1n) is 9.58. The van der Waals surface area contributed by atoms with Gasteiger partial charge in [0.2, 0.25) is 0 Å². The summed E-state index contributed by atoms with van der Waals surface area (Å²) in [5, 5.41) is 22.1. The molecule has 3 unspecified atom stereocenters. The molecule has 5 heteroatoms. The normalized spacial score (nSPS) is 25.4. The minimum Gasteiger partial charge on any atom is -0.389 e. The van der Waals surface area contributed by atoms with Crippen molar-refractivity contribution in [3.63, 3.8) is 0 Å². The first kappa shape index (κ1) is 22.6. The van der Waals surface area contributed by atoms with E-state index in [4.69, 9.17) is 10.5 Å². The lowest BCUT2D eigenvalue weighted by atomic mass is 9.80. The molecule has 0 aromatic rings. The number of hydrogen-bond acceptors (Lipinski definition) is 5. The third kappa shape index (κ3) is 6.99. The van der Waals surface area contributed by atoms with Crippen molar-refractivity contribution in [3.05, 3.63) is 12.2 Å². The van der Waals surface area contributed by atoms with Crippen molar-refractivity contribution >= 4 is 0 Å². The molecule has 1 aliphatic rings. The monoisotopic (exact) mass is 356 g/mol. The first-order chi connectivity index (χ1) is 11.3. The second-order valence-corrected chi connectivity index (χ2v) is 9.35. The summed E-state index contributed by atoms with van der Waals surface area (Å²) in [4.78, 5) is 0. The molecule has 0 saturated carbocycles. The average Bonchev–Trinajstić information content (AvgIpc) is 2.46. The number of ether oxygens (including phenoxy) is 1. The Morgan fingerprint density at radius 3 is 2.08 bits per heavy atom. The van der Waals surface area contributed by atoms with Gasteiger partial charge >= 0.3 is 0 Å². The number of nitrogens with zero attached hydrogens (tertiary/aromatic N) is 1. The Labute approximate surface area is 154 Å². The fourth-order valence-electron chi connectivity index (χ4n) is 3.78. The van der Waals surface area contributed by atoms with Crippen LogP contribution in [0.1, 0.15) is 67.7 Å². The van der Waals surface area contributed by atoms with Crippen LogP contribution in [0, 0.1) is 11.8 Å². The predicted octanol–water partition coefficient (Wildman–Crippen LogP) is 3.34. The molecule has 148 valence electrons. The summed E-state index contributed by atoms with van der Waals surface area (Å²) in [6.07, 6.45) is 5.52. The highest BCUT2D eigenvalue weighted by Crippen LogP contribution is 2.38. The van der Waals surface area contributed by atoms with E-state index in [1.807, 2.05) is 40.7 Å². The second kappa shape index (κ2) is 8.96. The lowest BCUT2D eigenvalue weighted by molar-refractivity contribution is -0.262. The number of piperidine rings is 1. The highest BCUT2D eigenvalue weighted by molar-refractivity contribution is 4.97. The van der Waals surface area contributed by atoms with E-state index in [1.54, 1.807) is 6.08 Å². The van der Waals surface area contributed by atoms with Crippen molar-refractivity contribution in [3.8, 4) is 0 Å². The van der Waals surface area contributed by atoms with Gasteiger partial charge in [0.05, 0.1) is 18.8 Å². The van der Waals surface area contributed by atoms with Gasteiger partial charge in [-0.1, -0.05) is 26.0 Å². The van der Waals surface area contributed by atoms with E-state index in [9.17, 15) is 10.3 Å². The van der Waals surface area contributed by atoms with E-state index in [0.717, 1.165) is 12.8 Å². The molecule has 1 rings (SSSR count). The van der Waals surface area contributed by atoms with Crippen molar-refractivity contribution in [2.45, 2.75) is 97.1 Å². The van der Waals surface area contributed by atoms with Gasteiger partial charge in [0.15, 0.2) is 0 Å². The number of aliphatic hydroxyl groups excluding tert-OH is 1. The van der Waals surface area contributed by atoms with Gasteiger partial charge in [0.1, 0.15) is 0 Å². The lowest BCUT2D eigenvalue weighted by Crippen LogP contribution is -2.60. The van der Waals surface area contributed by atoms with Gasteiger partial charge in [0, 0.05) is 17.1 Å². The highest BCUT2D eigenvalue weighted by Gasteiger charge is 2.45. The van der Waals surface area contributed by atoms with Crippen molar-refractivity contribution in [1.29, 1.82) is 0 Å². The molecule has 0 aliphatic carbocycles. The van der Waals surface area contributed by atoms with Crippen LogP contribution in [-0.4, -0.2) is 51.3 Å². The highest BCUT2D eigenvalue weighted by atomic mass is 16.5. The Morgan fingerprint density at radius 2 is 1.64 bits per heavy atom. The van der Waals surface area contributed by atoms with Crippen LogP contribution in [0.15, 0.2) is 12.2 Å². The third-order valence-corrected chi connectivity index (χ3v) is 5.27. The summed E-state index contributed by atoms with van der Waals surface area (Å²) in [6.45, 7) is 15.0.